The number of para-hydroxylation sites is 1. The van der Waals surface area contributed by atoms with Gasteiger partial charge in [0.1, 0.15) is 5.82 Å². The molecule has 0 bridgehead atoms. The first-order chi connectivity index (χ1) is 15.9. The Morgan fingerprint density at radius 1 is 1.18 bits per heavy atom. The lowest BCUT2D eigenvalue weighted by Crippen LogP contribution is -2.41. The van der Waals surface area contributed by atoms with E-state index in [2.05, 4.69) is 4.98 Å². The van der Waals surface area contributed by atoms with Gasteiger partial charge in [-0.05, 0) is 31.4 Å². The molecular formula is C24H31FN4O4. The van der Waals surface area contributed by atoms with Crippen molar-refractivity contribution in [2.45, 2.75) is 38.7 Å². The van der Waals surface area contributed by atoms with Crippen LogP contribution in [0.15, 0.2) is 18.2 Å². The smallest absolute Gasteiger partial charge is 0.242 e. The standard InChI is InChI=1S/C24H31FN4O4/c1-16-19(18-6-3-7-20(25)24(18)26-16)12-22(31)29-14-17(33-2)13-28(23(32)15-29)11-5-10-27-9-4-8-21(27)30/h3,6-7,17,26H,4-5,8-15H2,1-2H3. The summed E-state index contributed by atoms with van der Waals surface area (Å²) in [6.45, 7) is 4.47. The third-order valence-electron chi connectivity index (χ3n) is 6.67. The fourth-order valence-corrected chi connectivity index (χ4v) is 4.79. The molecule has 1 aromatic heterocycles. The summed E-state index contributed by atoms with van der Waals surface area (Å²) in [4.78, 5) is 46.1. The van der Waals surface area contributed by atoms with Gasteiger partial charge in [-0.2, -0.15) is 0 Å². The Morgan fingerprint density at radius 2 is 1.97 bits per heavy atom. The zero-order chi connectivity index (χ0) is 23.5. The summed E-state index contributed by atoms with van der Waals surface area (Å²) >= 11 is 0. The monoisotopic (exact) mass is 458 g/mol. The Hall–Kier alpha value is -2.94. The largest absolute Gasteiger partial charge is 0.378 e. The number of likely N-dealkylation sites (tertiary alicyclic amines) is 1. The van der Waals surface area contributed by atoms with Crippen LogP contribution in [-0.4, -0.2) is 89.9 Å². The molecule has 3 heterocycles. The maximum atomic E-state index is 14.1. The van der Waals surface area contributed by atoms with E-state index in [-0.39, 0.29) is 42.6 Å². The van der Waals surface area contributed by atoms with Crippen molar-refractivity contribution < 1.29 is 23.5 Å². The van der Waals surface area contributed by atoms with Crippen LogP contribution in [0.2, 0.25) is 0 Å². The summed E-state index contributed by atoms with van der Waals surface area (Å²) in [7, 11) is 1.58. The Morgan fingerprint density at radius 3 is 2.70 bits per heavy atom. The summed E-state index contributed by atoms with van der Waals surface area (Å²) in [5.41, 5.74) is 1.88. The minimum atomic E-state index is -0.357. The number of rotatable bonds is 7. The first-order valence-corrected chi connectivity index (χ1v) is 11.5. The average molecular weight is 459 g/mol. The number of amides is 3. The van der Waals surface area contributed by atoms with Gasteiger partial charge in [-0.15, -0.1) is 0 Å². The third kappa shape index (κ3) is 5.03. The predicted octanol–water partition coefficient (Wildman–Crippen LogP) is 1.86. The number of hydrogen-bond donors (Lipinski definition) is 1. The second kappa shape index (κ2) is 9.91. The van der Waals surface area contributed by atoms with Crippen LogP contribution in [0.4, 0.5) is 4.39 Å². The van der Waals surface area contributed by atoms with Crippen LogP contribution in [0, 0.1) is 12.7 Å². The number of methoxy groups -OCH3 is 1. The number of fused-ring (bicyclic) bond motifs is 1. The van der Waals surface area contributed by atoms with Crippen molar-refractivity contribution in [2.75, 3.05) is 46.4 Å². The maximum absolute atomic E-state index is 14.1. The summed E-state index contributed by atoms with van der Waals surface area (Å²) in [5.74, 6) is -0.498. The van der Waals surface area contributed by atoms with Crippen molar-refractivity contribution in [3.05, 3.63) is 35.3 Å². The number of H-pyrrole nitrogens is 1. The molecule has 1 N–H and O–H groups in total. The molecule has 178 valence electrons. The molecule has 1 aromatic carbocycles. The van der Waals surface area contributed by atoms with Gasteiger partial charge in [-0.1, -0.05) is 12.1 Å². The number of halogens is 1. The number of benzene rings is 1. The van der Waals surface area contributed by atoms with E-state index in [1.807, 2.05) is 11.8 Å². The number of aryl methyl sites for hydroxylation is 1. The lowest BCUT2D eigenvalue weighted by molar-refractivity contribution is -0.138. The van der Waals surface area contributed by atoms with Crippen molar-refractivity contribution >= 4 is 28.6 Å². The minimum Gasteiger partial charge on any atom is -0.378 e. The van der Waals surface area contributed by atoms with Gasteiger partial charge in [0.15, 0.2) is 0 Å². The summed E-state index contributed by atoms with van der Waals surface area (Å²) in [6.07, 6.45) is 1.98. The lowest BCUT2D eigenvalue weighted by Gasteiger charge is -2.24. The van der Waals surface area contributed by atoms with E-state index in [1.54, 1.807) is 24.1 Å². The third-order valence-corrected chi connectivity index (χ3v) is 6.67. The number of aromatic nitrogens is 1. The van der Waals surface area contributed by atoms with E-state index in [1.165, 1.54) is 11.0 Å². The highest BCUT2D eigenvalue weighted by molar-refractivity contribution is 5.92. The van der Waals surface area contributed by atoms with Crippen molar-refractivity contribution in [2.24, 2.45) is 0 Å². The van der Waals surface area contributed by atoms with E-state index in [0.29, 0.717) is 49.9 Å². The summed E-state index contributed by atoms with van der Waals surface area (Å²) < 4.78 is 19.7. The zero-order valence-corrected chi connectivity index (χ0v) is 19.2. The molecule has 2 fully saturated rings. The molecule has 3 amide bonds. The van der Waals surface area contributed by atoms with Crippen LogP contribution in [0.3, 0.4) is 0 Å². The molecule has 8 nitrogen and oxygen atoms in total. The van der Waals surface area contributed by atoms with Crippen LogP contribution < -0.4 is 0 Å². The number of aromatic amines is 1. The van der Waals surface area contributed by atoms with Gasteiger partial charge in [0.05, 0.1) is 24.6 Å². The Labute approximate surface area is 192 Å². The first-order valence-electron chi connectivity index (χ1n) is 11.5. The van der Waals surface area contributed by atoms with Crippen LogP contribution in [0.25, 0.3) is 10.9 Å². The molecule has 2 aromatic rings. The van der Waals surface area contributed by atoms with Gasteiger partial charge in [-0.3, -0.25) is 14.4 Å². The molecule has 0 radical (unpaired) electrons. The Kier molecular flexibility index (Phi) is 6.97. The Balaban J connectivity index is 1.41. The molecule has 2 aliphatic rings. The molecule has 33 heavy (non-hydrogen) atoms. The van der Waals surface area contributed by atoms with Crippen LogP contribution >= 0.6 is 0 Å². The number of hydrogen-bond acceptors (Lipinski definition) is 4. The second-order valence-electron chi connectivity index (χ2n) is 8.88. The quantitative estimate of drug-likeness (QED) is 0.686. The number of carbonyl (C=O) groups excluding carboxylic acids is 3. The van der Waals surface area contributed by atoms with Gasteiger partial charge < -0.3 is 24.4 Å². The topological polar surface area (TPSA) is 85.9 Å². The zero-order valence-electron chi connectivity index (χ0n) is 19.2. The molecule has 0 spiro atoms. The van der Waals surface area contributed by atoms with E-state index in [0.717, 1.165) is 24.2 Å². The molecule has 0 saturated carbocycles. The molecule has 1 atom stereocenters. The fraction of sp³-hybridized carbons (Fsp3) is 0.542. The van der Waals surface area contributed by atoms with Crippen molar-refractivity contribution in [1.29, 1.82) is 0 Å². The van der Waals surface area contributed by atoms with E-state index < -0.39 is 0 Å². The molecule has 1 unspecified atom stereocenters. The number of nitrogens with one attached hydrogen (secondary N) is 1. The molecular weight excluding hydrogens is 427 g/mol. The average Bonchev–Trinajstić information content (AvgIpc) is 3.29. The normalized spacial score (nSPS) is 19.6. The molecule has 2 aliphatic heterocycles. The van der Waals surface area contributed by atoms with E-state index in [4.69, 9.17) is 4.74 Å². The highest BCUT2D eigenvalue weighted by Gasteiger charge is 2.31. The minimum absolute atomic E-state index is 0.0168. The maximum Gasteiger partial charge on any atom is 0.242 e. The second-order valence-corrected chi connectivity index (χ2v) is 8.88. The molecule has 0 aliphatic carbocycles. The van der Waals surface area contributed by atoms with Crippen molar-refractivity contribution in [1.82, 2.24) is 19.7 Å². The van der Waals surface area contributed by atoms with Gasteiger partial charge in [0.25, 0.3) is 0 Å². The van der Waals surface area contributed by atoms with E-state index >= 15 is 0 Å². The van der Waals surface area contributed by atoms with Crippen molar-refractivity contribution in [3.63, 3.8) is 0 Å². The first kappa shape index (κ1) is 23.2. The SMILES string of the molecule is COC1CN(CCCN2CCCC2=O)C(=O)CN(C(=O)Cc2c(C)[nH]c3c(F)cccc23)C1. The number of nitrogens with zero attached hydrogens (tertiary/aromatic N) is 3. The lowest BCUT2D eigenvalue weighted by atomic mass is 10.1. The van der Waals surface area contributed by atoms with E-state index in [9.17, 15) is 18.8 Å². The molecule has 9 heteroatoms. The summed E-state index contributed by atoms with van der Waals surface area (Å²) in [5, 5.41) is 0.684. The fourth-order valence-electron chi connectivity index (χ4n) is 4.79. The number of carbonyl (C=O) groups is 3. The van der Waals surface area contributed by atoms with Gasteiger partial charge in [0.2, 0.25) is 17.7 Å². The predicted molar refractivity (Wildman–Crippen MR) is 121 cm³/mol. The highest BCUT2D eigenvalue weighted by Crippen LogP contribution is 2.25. The highest BCUT2D eigenvalue weighted by atomic mass is 19.1. The molecule has 2 saturated heterocycles. The van der Waals surface area contributed by atoms with Gasteiger partial charge >= 0.3 is 0 Å². The van der Waals surface area contributed by atoms with Crippen LogP contribution in [0.1, 0.15) is 30.5 Å². The summed E-state index contributed by atoms with van der Waals surface area (Å²) in [6, 6.07) is 4.81. The van der Waals surface area contributed by atoms with Crippen LogP contribution in [0.5, 0.6) is 0 Å². The number of ether oxygens (including phenoxy) is 1. The Bertz CT molecular complexity index is 1050. The van der Waals surface area contributed by atoms with Gasteiger partial charge in [0, 0.05) is 57.3 Å². The van der Waals surface area contributed by atoms with Crippen molar-refractivity contribution in [3.8, 4) is 0 Å². The van der Waals surface area contributed by atoms with Gasteiger partial charge in [-0.25, -0.2) is 4.39 Å². The van der Waals surface area contributed by atoms with Crippen LogP contribution in [-0.2, 0) is 25.5 Å². The molecule has 4 rings (SSSR count).